The van der Waals surface area contributed by atoms with E-state index in [1.807, 2.05) is 11.1 Å². The molecule has 0 radical (unpaired) electrons. The number of nitrogens with one attached hydrogen (secondary N) is 1. The SMILES string of the molecule is O=C(Cc1cccc(F)c1)N1CCc2nc([C@@H]3CCCNC3)ncc2C1. The van der Waals surface area contributed by atoms with E-state index in [0.29, 0.717) is 24.6 Å². The number of nitrogens with zero attached hydrogens (tertiary/aromatic N) is 3. The highest BCUT2D eigenvalue weighted by atomic mass is 19.1. The number of benzene rings is 1. The molecule has 1 saturated heterocycles. The lowest BCUT2D eigenvalue weighted by Crippen LogP contribution is -2.38. The molecule has 4 rings (SSSR count). The molecule has 3 heterocycles. The van der Waals surface area contributed by atoms with Gasteiger partial charge >= 0.3 is 0 Å². The largest absolute Gasteiger partial charge is 0.338 e. The molecule has 1 aromatic carbocycles. The molecule has 1 N–H and O–H groups in total. The highest BCUT2D eigenvalue weighted by Crippen LogP contribution is 2.23. The molecule has 1 atom stereocenters. The Morgan fingerprint density at radius 1 is 1.38 bits per heavy atom. The number of fused-ring (bicyclic) bond motifs is 1. The van der Waals surface area contributed by atoms with E-state index in [1.54, 1.807) is 12.1 Å². The zero-order chi connectivity index (χ0) is 17.9. The molecule has 5 nitrogen and oxygen atoms in total. The molecule has 2 aliphatic rings. The predicted octanol–water partition coefficient (Wildman–Crippen LogP) is 2.21. The molecule has 6 heteroatoms. The zero-order valence-electron chi connectivity index (χ0n) is 14.7. The molecule has 2 aromatic rings. The molecule has 1 amide bonds. The third-order valence-electron chi connectivity index (χ3n) is 5.21. The Kier molecular flexibility index (Phi) is 4.93. The Labute approximate surface area is 152 Å². The van der Waals surface area contributed by atoms with Gasteiger partial charge < -0.3 is 10.2 Å². The zero-order valence-corrected chi connectivity index (χ0v) is 14.7. The van der Waals surface area contributed by atoms with Gasteiger partial charge in [0.2, 0.25) is 5.91 Å². The van der Waals surface area contributed by atoms with Crippen LogP contribution in [-0.2, 0) is 24.2 Å². The van der Waals surface area contributed by atoms with Crippen LogP contribution in [0.3, 0.4) is 0 Å². The molecule has 1 fully saturated rings. The first kappa shape index (κ1) is 17.1. The van der Waals surface area contributed by atoms with Gasteiger partial charge in [-0.05, 0) is 37.1 Å². The molecule has 0 bridgehead atoms. The second kappa shape index (κ2) is 7.50. The van der Waals surface area contributed by atoms with Crippen molar-refractivity contribution in [2.45, 2.75) is 38.1 Å². The number of halogens is 1. The molecule has 26 heavy (non-hydrogen) atoms. The van der Waals surface area contributed by atoms with Crippen LogP contribution >= 0.6 is 0 Å². The van der Waals surface area contributed by atoms with Crippen LogP contribution in [0.25, 0.3) is 0 Å². The summed E-state index contributed by atoms with van der Waals surface area (Å²) in [7, 11) is 0. The van der Waals surface area contributed by atoms with E-state index < -0.39 is 0 Å². The third-order valence-corrected chi connectivity index (χ3v) is 5.21. The summed E-state index contributed by atoms with van der Waals surface area (Å²) in [4.78, 5) is 23.7. The van der Waals surface area contributed by atoms with E-state index >= 15 is 0 Å². The number of aromatic nitrogens is 2. The van der Waals surface area contributed by atoms with Gasteiger partial charge in [-0.1, -0.05) is 12.1 Å². The lowest BCUT2D eigenvalue weighted by Gasteiger charge is -2.29. The van der Waals surface area contributed by atoms with Crippen molar-refractivity contribution in [3.8, 4) is 0 Å². The topological polar surface area (TPSA) is 58.1 Å². The van der Waals surface area contributed by atoms with Gasteiger partial charge in [-0.15, -0.1) is 0 Å². The number of hydrogen-bond donors (Lipinski definition) is 1. The van der Waals surface area contributed by atoms with E-state index in [4.69, 9.17) is 4.98 Å². The molecular formula is C20H23FN4O. The van der Waals surface area contributed by atoms with Gasteiger partial charge in [0.05, 0.1) is 12.1 Å². The van der Waals surface area contributed by atoms with Crippen molar-refractivity contribution in [1.29, 1.82) is 0 Å². The van der Waals surface area contributed by atoms with Gasteiger partial charge in [0, 0.05) is 43.7 Å². The summed E-state index contributed by atoms with van der Waals surface area (Å²) in [6, 6.07) is 6.23. The van der Waals surface area contributed by atoms with Crippen molar-refractivity contribution >= 4 is 5.91 Å². The van der Waals surface area contributed by atoms with Crippen molar-refractivity contribution in [3.05, 3.63) is 58.9 Å². The maximum absolute atomic E-state index is 13.3. The summed E-state index contributed by atoms with van der Waals surface area (Å²) in [6.07, 6.45) is 5.14. The standard InChI is InChI=1S/C20H23FN4O/c21-17-5-1-3-14(9-17)10-19(26)25-8-6-18-16(13-25)12-23-20(24-18)15-4-2-7-22-11-15/h1,3,5,9,12,15,22H,2,4,6-8,10-11,13H2/t15-/m1/s1. The fraction of sp³-hybridized carbons (Fsp3) is 0.450. The molecule has 2 aliphatic heterocycles. The molecule has 0 unspecified atom stereocenters. The van der Waals surface area contributed by atoms with Crippen LogP contribution in [0.4, 0.5) is 4.39 Å². The third kappa shape index (κ3) is 3.75. The maximum Gasteiger partial charge on any atom is 0.227 e. The second-order valence-corrected chi connectivity index (χ2v) is 7.12. The number of carbonyl (C=O) groups excluding carboxylic acids is 1. The number of carbonyl (C=O) groups is 1. The number of amides is 1. The second-order valence-electron chi connectivity index (χ2n) is 7.12. The summed E-state index contributed by atoms with van der Waals surface area (Å²) in [5.74, 6) is 1.02. The Balaban J connectivity index is 1.43. The Bertz CT molecular complexity index is 804. The minimum Gasteiger partial charge on any atom is -0.338 e. The van der Waals surface area contributed by atoms with Gasteiger partial charge in [-0.2, -0.15) is 0 Å². The van der Waals surface area contributed by atoms with Crippen molar-refractivity contribution in [2.24, 2.45) is 0 Å². The fourth-order valence-electron chi connectivity index (χ4n) is 3.75. The van der Waals surface area contributed by atoms with Crippen LogP contribution in [0.1, 0.15) is 41.4 Å². The predicted molar refractivity (Wildman–Crippen MR) is 96.1 cm³/mol. The summed E-state index contributed by atoms with van der Waals surface area (Å²) in [6.45, 7) is 3.20. The average molecular weight is 354 g/mol. The number of hydrogen-bond acceptors (Lipinski definition) is 4. The summed E-state index contributed by atoms with van der Waals surface area (Å²) in [5.41, 5.74) is 2.80. The molecule has 1 aromatic heterocycles. The molecule has 136 valence electrons. The smallest absolute Gasteiger partial charge is 0.227 e. The van der Waals surface area contributed by atoms with Crippen LogP contribution in [0.15, 0.2) is 30.5 Å². The quantitative estimate of drug-likeness (QED) is 0.918. The van der Waals surface area contributed by atoms with Crippen molar-refractivity contribution in [1.82, 2.24) is 20.2 Å². The van der Waals surface area contributed by atoms with Gasteiger partial charge in [-0.3, -0.25) is 4.79 Å². The number of piperidine rings is 1. The Morgan fingerprint density at radius 3 is 3.12 bits per heavy atom. The molecular weight excluding hydrogens is 331 g/mol. The lowest BCUT2D eigenvalue weighted by atomic mass is 9.98. The minimum atomic E-state index is -0.308. The maximum atomic E-state index is 13.3. The lowest BCUT2D eigenvalue weighted by molar-refractivity contribution is -0.131. The summed E-state index contributed by atoms with van der Waals surface area (Å²) < 4.78 is 13.3. The summed E-state index contributed by atoms with van der Waals surface area (Å²) in [5, 5.41) is 3.40. The molecule has 0 spiro atoms. The van der Waals surface area contributed by atoms with Gasteiger partial charge in [0.15, 0.2) is 0 Å². The van der Waals surface area contributed by atoms with Crippen LogP contribution in [0, 0.1) is 5.82 Å². The van der Waals surface area contributed by atoms with Gasteiger partial charge in [0.25, 0.3) is 0 Å². The van der Waals surface area contributed by atoms with Crippen LogP contribution < -0.4 is 5.32 Å². The average Bonchev–Trinajstić information content (AvgIpc) is 2.68. The van der Waals surface area contributed by atoms with Gasteiger partial charge in [-0.25, -0.2) is 14.4 Å². The highest BCUT2D eigenvalue weighted by Gasteiger charge is 2.24. The minimum absolute atomic E-state index is 0.0156. The van der Waals surface area contributed by atoms with E-state index in [2.05, 4.69) is 10.3 Å². The van der Waals surface area contributed by atoms with E-state index in [0.717, 1.165) is 49.4 Å². The van der Waals surface area contributed by atoms with Crippen LogP contribution in [0.5, 0.6) is 0 Å². The normalized spacial score (nSPS) is 19.9. The number of rotatable bonds is 3. The van der Waals surface area contributed by atoms with Crippen LogP contribution in [0.2, 0.25) is 0 Å². The molecule has 0 aliphatic carbocycles. The van der Waals surface area contributed by atoms with Gasteiger partial charge in [0.1, 0.15) is 11.6 Å². The summed E-state index contributed by atoms with van der Waals surface area (Å²) >= 11 is 0. The first-order valence-electron chi connectivity index (χ1n) is 9.26. The van der Waals surface area contributed by atoms with Crippen molar-refractivity contribution in [2.75, 3.05) is 19.6 Å². The first-order valence-corrected chi connectivity index (χ1v) is 9.26. The van der Waals surface area contributed by atoms with Crippen LogP contribution in [-0.4, -0.2) is 40.4 Å². The molecule has 0 saturated carbocycles. The Hall–Kier alpha value is -2.34. The highest BCUT2D eigenvalue weighted by molar-refractivity contribution is 5.79. The Morgan fingerprint density at radius 2 is 2.31 bits per heavy atom. The van der Waals surface area contributed by atoms with E-state index in [9.17, 15) is 9.18 Å². The van der Waals surface area contributed by atoms with E-state index in [-0.39, 0.29) is 18.1 Å². The monoisotopic (exact) mass is 354 g/mol. The fourth-order valence-corrected chi connectivity index (χ4v) is 3.75. The van der Waals surface area contributed by atoms with Crippen molar-refractivity contribution < 1.29 is 9.18 Å². The van der Waals surface area contributed by atoms with E-state index in [1.165, 1.54) is 12.1 Å². The van der Waals surface area contributed by atoms with Crippen molar-refractivity contribution in [3.63, 3.8) is 0 Å². The first-order chi connectivity index (χ1) is 12.7.